The molecular formula is C15H15N5O3. The molecule has 118 valence electrons. The van der Waals surface area contributed by atoms with E-state index in [1.165, 1.54) is 11.7 Å². The van der Waals surface area contributed by atoms with E-state index in [2.05, 4.69) is 15.0 Å². The molecule has 0 bridgehead atoms. The maximum atomic E-state index is 12.0. The van der Waals surface area contributed by atoms with Crippen LogP contribution < -0.4 is 16.2 Å². The van der Waals surface area contributed by atoms with Crippen molar-refractivity contribution < 1.29 is 9.53 Å². The molecule has 2 aromatic heterocycles. The Kier molecular flexibility index (Phi) is 3.57. The number of aromatic nitrogens is 4. The molecule has 2 heterocycles. The van der Waals surface area contributed by atoms with Gasteiger partial charge in [-0.15, -0.1) is 0 Å². The number of aryl methyl sites for hydroxylation is 1. The highest BCUT2D eigenvalue weighted by Crippen LogP contribution is 2.28. The molecule has 0 saturated carbocycles. The van der Waals surface area contributed by atoms with Crippen molar-refractivity contribution >= 4 is 17.1 Å². The van der Waals surface area contributed by atoms with Gasteiger partial charge in [0.25, 0.3) is 5.91 Å². The third kappa shape index (κ3) is 2.33. The lowest BCUT2D eigenvalue weighted by Gasteiger charge is -2.08. The van der Waals surface area contributed by atoms with Gasteiger partial charge in [0.05, 0.1) is 12.7 Å². The lowest BCUT2D eigenvalue weighted by atomic mass is 10.2. The molecule has 0 radical (unpaired) electrons. The number of rotatable bonds is 4. The Morgan fingerprint density at radius 1 is 1.35 bits per heavy atom. The zero-order valence-electron chi connectivity index (χ0n) is 12.7. The summed E-state index contributed by atoms with van der Waals surface area (Å²) in [6.07, 6.45) is 0. The Morgan fingerprint density at radius 2 is 2.09 bits per heavy atom. The van der Waals surface area contributed by atoms with Crippen LogP contribution in [0.25, 0.3) is 22.6 Å². The number of methoxy groups -OCH3 is 1. The highest BCUT2D eigenvalue weighted by Gasteiger charge is 2.19. The highest BCUT2D eigenvalue weighted by atomic mass is 16.5. The number of carbonyl (C=O) groups is 1. The number of H-pyrrole nitrogens is 1. The number of carbonyl (C=O) groups excluding carboxylic acids is 1. The molecule has 0 aliphatic carbocycles. The summed E-state index contributed by atoms with van der Waals surface area (Å²) < 4.78 is 6.72. The van der Waals surface area contributed by atoms with E-state index < -0.39 is 5.91 Å². The second kappa shape index (κ2) is 5.56. The zero-order valence-corrected chi connectivity index (χ0v) is 12.7. The number of hydrogen-bond acceptors (Lipinski definition) is 5. The van der Waals surface area contributed by atoms with Crippen LogP contribution in [0.4, 0.5) is 0 Å². The number of amides is 1. The molecule has 23 heavy (non-hydrogen) atoms. The van der Waals surface area contributed by atoms with Crippen LogP contribution in [0.15, 0.2) is 29.1 Å². The maximum absolute atomic E-state index is 12.0. The number of aromatic amines is 1. The summed E-state index contributed by atoms with van der Waals surface area (Å²) in [5, 5.41) is 0. The van der Waals surface area contributed by atoms with Crippen LogP contribution in [-0.2, 0) is 6.54 Å². The van der Waals surface area contributed by atoms with Gasteiger partial charge in [-0.25, -0.2) is 14.8 Å². The van der Waals surface area contributed by atoms with Crippen molar-refractivity contribution in [2.24, 2.45) is 5.73 Å². The summed E-state index contributed by atoms with van der Waals surface area (Å²) in [7, 11) is 1.53. The molecule has 0 saturated heterocycles. The Labute approximate surface area is 130 Å². The van der Waals surface area contributed by atoms with Gasteiger partial charge in [-0.2, -0.15) is 0 Å². The van der Waals surface area contributed by atoms with Crippen LogP contribution >= 0.6 is 0 Å². The Balaban J connectivity index is 2.39. The van der Waals surface area contributed by atoms with Gasteiger partial charge in [-0.05, 0) is 19.1 Å². The van der Waals surface area contributed by atoms with Crippen molar-refractivity contribution in [3.8, 4) is 17.1 Å². The lowest BCUT2D eigenvalue weighted by molar-refractivity contribution is 0.0997. The summed E-state index contributed by atoms with van der Waals surface area (Å²) >= 11 is 0. The van der Waals surface area contributed by atoms with E-state index in [4.69, 9.17) is 10.5 Å². The lowest BCUT2D eigenvalue weighted by Crippen LogP contribution is -2.15. The predicted molar refractivity (Wildman–Crippen MR) is 84.3 cm³/mol. The number of ether oxygens (including phenoxy) is 1. The molecule has 1 amide bonds. The van der Waals surface area contributed by atoms with Crippen molar-refractivity contribution in [3.05, 3.63) is 40.4 Å². The minimum Gasteiger partial charge on any atom is -0.496 e. The third-order valence-corrected chi connectivity index (χ3v) is 3.52. The molecule has 0 aliphatic heterocycles. The van der Waals surface area contributed by atoms with Crippen LogP contribution in [-0.4, -0.2) is 32.5 Å². The first-order valence-electron chi connectivity index (χ1n) is 7.00. The second-order valence-electron chi connectivity index (χ2n) is 4.83. The van der Waals surface area contributed by atoms with E-state index in [-0.39, 0.29) is 22.7 Å². The third-order valence-electron chi connectivity index (χ3n) is 3.52. The molecule has 0 atom stereocenters. The van der Waals surface area contributed by atoms with E-state index in [9.17, 15) is 9.59 Å². The van der Waals surface area contributed by atoms with Gasteiger partial charge in [0.15, 0.2) is 17.2 Å². The molecule has 8 heteroatoms. The average Bonchev–Trinajstić information content (AvgIpc) is 2.88. The topological polar surface area (TPSA) is 116 Å². The number of nitrogens with two attached hydrogens (primary N) is 1. The number of hydrogen-bond donors (Lipinski definition) is 2. The molecule has 3 N–H and O–H groups in total. The minimum absolute atomic E-state index is 0.0276. The summed E-state index contributed by atoms with van der Waals surface area (Å²) in [5.41, 5.74) is 6.20. The van der Waals surface area contributed by atoms with Gasteiger partial charge in [0.1, 0.15) is 11.3 Å². The number of para-hydroxylation sites is 1. The van der Waals surface area contributed by atoms with Crippen molar-refractivity contribution in [1.29, 1.82) is 0 Å². The average molecular weight is 313 g/mol. The van der Waals surface area contributed by atoms with E-state index in [1.807, 2.05) is 13.0 Å². The van der Waals surface area contributed by atoms with Crippen molar-refractivity contribution in [2.75, 3.05) is 7.11 Å². The number of nitrogens with zero attached hydrogens (tertiary/aromatic N) is 3. The van der Waals surface area contributed by atoms with E-state index in [0.29, 0.717) is 23.5 Å². The quantitative estimate of drug-likeness (QED) is 0.743. The molecule has 0 fully saturated rings. The Hall–Kier alpha value is -3.16. The van der Waals surface area contributed by atoms with Crippen molar-refractivity contribution in [1.82, 2.24) is 19.5 Å². The fourth-order valence-electron chi connectivity index (χ4n) is 2.45. The first kappa shape index (κ1) is 14.8. The predicted octanol–water partition coefficient (Wildman–Crippen LogP) is 0.914. The van der Waals surface area contributed by atoms with Crippen LogP contribution in [0, 0.1) is 0 Å². The van der Waals surface area contributed by atoms with Gasteiger partial charge < -0.3 is 15.5 Å². The normalized spacial score (nSPS) is 10.9. The van der Waals surface area contributed by atoms with Gasteiger partial charge >= 0.3 is 5.69 Å². The van der Waals surface area contributed by atoms with E-state index in [0.717, 1.165) is 0 Å². The molecule has 0 unspecified atom stereocenters. The van der Waals surface area contributed by atoms with Gasteiger partial charge in [-0.3, -0.25) is 9.36 Å². The fourth-order valence-corrected chi connectivity index (χ4v) is 2.45. The van der Waals surface area contributed by atoms with E-state index >= 15 is 0 Å². The van der Waals surface area contributed by atoms with Crippen LogP contribution in [0.2, 0.25) is 0 Å². The highest BCUT2D eigenvalue weighted by molar-refractivity contribution is 6.02. The maximum Gasteiger partial charge on any atom is 0.327 e. The first-order valence-corrected chi connectivity index (χ1v) is 7.00. The van der Waals surface area contributed by atoms with Gasteiger partial charge in [0, 0.05) is 6.54 Å². The van der Waals surface area contributed by atoms with Gasteiger partial charge in [-0.1, -0.05) is 12.1 Å². The first-order chi connectivity index (χ1) is 11.1. The SMILES string of the molecule is CCn1c(=O)[nH]c2c(C(N)=O)nc(-c3ccccc3OC)nc21. The standard InChI is InChI=1S/C15H15N5O3/c1-3-20-14-11(18-15(20)22)10(12(16)21)17-13(19-14)8-6-4-5-7-9(8)23-2/h4-7H,3H2,1-2H3,(H2,16,21)(H,18,22). The van der Waals surface area contributed by atoms with Crippen molar-refractivity contribution in [2.45, 2.75) is 13.5 Å². The molecule has 3 rings (SSSR count). The number of imidazole rings is 1. The molecule has 0 spiro atoms. The summed E-state index contributed by atoms with van der Waals surface area (Å²) in [5.74, 6) is 0.0891. The second-order valence-corrected chi connectivity index (χ2v) is 4.83. The van der Waals surface area contributed by atoms with Gasteiger partial charge in [0.2, 0.25) is 0 Å². The van der Waals surface area contributed by atoms with Crippen molar-refractivity contribution in [3.63, 3.8) is 0 Å². The van der Waals surface area contributed by atoms with Crippen LogP contribution in [0.1, 0.15) is 17.4 Å². The largest absolute Gasteiger partial charge is 0.496 e. The van der Waals surface area contributed by atoms with Crippen LogP contribution in [0.3, 0.4) is 0 Å². The zero-order chi connectivity index (χ0) is 16.6. The smallest absolute Gasteiger partial charge is 0.327 e. The number of primary amides is 1. The molecule has 8 nitrogen and oxygen atoms in total. The molecule has 1 aromatic carbocycles. The minimum atomic E-state index is -0.738. The molecular weight excluding hydrogens is 298 g/mol. The van der Waals surface area contributed by atoms with Crippen LogP contribution in [0.5, 0.6) is 5.75 Å². The number of nitrogens with one attached hydrogen (secondary N) is 1. The number of benzene rings is 1. The monoisotopic (exact) mass is 313 g/mol. The Bertz CT molecular complexity index is 957. The summed E-state index contributed by atoms with van der Waals surface area (Å²) in [6.45, 7) is 2.21. The van der Waals surface area contributed by atoms with E-state index in [1.54, 1.807) is 18.2 Å². The molecule has 0 aliphatic rings. The Morgan fingerprint density at radius 3 is 2.74 bits per heavy atom. The number of fused-ring (bicyclic) bond motifs is 1. The summed E-state index contributed by atoms with van der Waals surface area (Å²) in [6, 6.07) is 7.15. The fraction of sp³-hybridized carbons (Fsp3) is 0.200. The summed E-state index contributed by atoms with van der Waals surface area (Å²) in [4.78, 5) is 34.9. The molecule has 3 aromatic rings.